The number of nitrogens with one attached hydrogen (secondary N) is 2. The van der Waals surface area contributed by atoms with Gasteiger partial charge in [0.05, 0.1) is 6.61 Å². The molecule has 0 heterocycles. The summed E-state index contributed by atoms with van der Waals surface area (Å²) in [6, 6.07) is 12.9. The van der Waals surface area contributed by atoms with Crippen LogP contribution in [-0.4, -0.2) is 23.8 Å². The van der Waals surface area contributed by atoms with Crippen LogP contribution in [0.2, 0.25) is 0 Å². The van der Waals surface area contributed by atoms with Crippen molar-refractivity contribution in [3.63, 3.8) is 0 Å². The van der Waals surface area contributed by atoms with E-state index < -0.39 is 0 Å². The Morgan fingerprint density at radius 3 is 2.21 bits per heavy atom. The Bertz CT molecular complexity index is 794. The van der Waals surface area contributed by atoms with Crippen molar-refractivity contribution in [2.45, 2.75) is 71.2 Å². The molecular weight excluding hydrogens is 362 g/mol. The molecular formula is C24H35N3O2. The van der Waals surface area contributed by atoms with Gasteiger partial charge in [-0.15, -0.1) is 0 Å². The number of rotatable bonds is 9. The van der Waals surface area contributed by atoms with E-state index in [-0.39, 0.29) is 0 Å². The van der Waals surface area contributed by atoms with Crippen molar-refractivity contribution in [1.29, 1.82) is 0 Å². The van der Waals surface area contributed by atoms with Crippen LogP contribution in [0.4, 0.5) is 0 Å². The first-order valence-corrected chi connectivity index (χ1v) is 10.8. The molecule has 0 aliphatic heterocycles. The Morgan fingerprint density at radius 1 is 0.966 bits per heavy atom. The van der Waals surface area contributed by atoms with E-state index in [0.29, 0.717) is 37.5 Å². The third-order valence-corrected chi connectivity index (χ3v) is 5.88. The Morgan fingerprint density at radius 2 is 1.55 bits per heavy atom. The molecule has 2 aromatic rings. The van der Waals surface area contributed by atoms with Crippen LogP contribution in [0.25, 0.3) is 0 Å². The first kappa shape index (κ1) is 21.6. The van der Waals surface area contributed by atoms with Crippen molar-refractivity contribution in [3.05, 3.63) is 58.7 Å². The summed E-state index contributed by atoms with van der Waals surface area (Å²) in [5, 5.41) is 17.7. The minimum Gasteiger partial charge on any atom is -0.507 e. The molecule has 2 aromatic carbocycles. The van der Waals surface area contributed by atoms with Crippen LogP contribution in [0.1, 0.15) is 54.9 Å². The minimum atomic E-state index is 0.386. The van der Waals surface area contributed by atoms with Crippen molar-refractivity contribution in [3.8, 4) is 11.5 Å². The molecule has 158 valence electrons. The normalized spacial score (nSPS) is 19.3. The van der Waals surface area contributed by atoms with Gasteiger partial charge in [-0.1, -0.05) is 49.2 Å². The van der Waals surface area contributed by atoms with E-state index >= 15 is 0 Å². The first-order valence-electron chi connectivity index (χ1n) is 10.8. The Labute approximate surface area is 174 Å². The van der Waals surface area contributed by atoms with Gasteiger partial charge in [0.2, 0.25) is 0 Å². The highest BCUT2D eigenvalue weighted by Gasteiger charge is 2.25. The fourth-order valence-electron chi connectivity index (χ4n) is 4.23. The topological polar surface area (TPSA) is 79.5 Å². The molecule has 5 nitrogen and oxygen atoms in total. The lowest BCUT2D eigenvalue weighted by atomic mass is 9.89. The van der Waals surface area contributed by atoms with Crippen LogP contribution in [0.3, 0.4) is 0 Å². The number of nitrogens with two attached hydrogens (primary N) is 1. The molecule has 5 N–H and O–H groups in total. The fourth-order valence-corrected chi connectivity index (χ4v) is 4.23. The molecule has 1 aliphatic carbocycles. The quantitative estimate of drug-likeness (QED) is 0.518. The van der Waals surface area contributed by atoms with Crippen molar-refractivity contribution >= 4 is 0 Å². The number of para-hydroxylation sites is 2. The minimum absolute atomic E-state index is 0.386. The highest BCUT2D eigenvalue weighted by Crippen LogP contribution is 2.26. The number of hydrogen-bond donors (Lipinski definition) is 4. The summed E-state index contributed by atoms with van der Waals surface area (Å²) >= 11 is 0. The average molecular weight is 398 g/mol. The Balaban J connectivity index is 1.64. The molecule has 1 fully saturated rings. The maximum Gasteiger partial charge on any atom is 0.128 e. The summed E-state index contributed by atoms with van der Waals surface area (Å²) in [5.41, 5.74) is 10.00. The molecule has 0 amide bonds. The zero-order chi connectivity index (χ0) is 20.6. The maximum absolute atomic E-state index is 10.3. The zero-order valence-corrected chi connectivity index (χ0v) is 17.7. The van der Waals surface area contributed by atoms with Gasteiger partial charge in [-0.2, -0.15) is 0 Å². The van der Waals surface area contributed by atoms with Gasteiger partial charge in [0.1, 0.15) is 11.5 Å². The lowest BCUT2D eigenvalue weighted by molar-refractivity contribution is 0.277. The van der Waals surface area contributed by atoms with Gasteiger partial charge >= 0.3 is 0 Å². The number of ether oxygens (including phenoxy) is 1. The smallest absolute Gasteiger partial charge is 0.128 e. The third-order valence-electron chi connectivity index (χ3n) is 5.88. The van der Waals surface area contributed by atoms with E-state index in [1.165, 1.54) is 12.8 Å². The van der Waals surface area contributed by atoms with E-state index in [4.69, 9.17) is 10.5 Å². The van der Waals surface area contributed by atoms with Gasteiger partial charge in [-0.3, -0.25) is 0 Å². The second-order valence-electron chi connectivity index (χ2n) is 7.88. The van der Waals surface area contributed by atoms with Gasteiger partial charge in [0.25, 0.3) is 0 Å². The predicted octanol–water partition coefficient (Wildman–Crippen LogP) is 3.75. The molecule has 5 heteroatoms. The predicted molar refractivity (Wildman–Crippen MR) is 118 cm³/mol. The molecule has 0 saturated heterocycles. The summed E-state index contributed by atoms with van der Waals surface area (Å²) in [7, 11) is 0. The third kappa shape index (κ3) is 5.50. The number of aromatic hydroxyl groups is 1. The standard InChI is InChI=1S/C24H35N3O2/c1-3-29-24-18(14-25)9-7-11-20(24)16-27-22-13-5-4-12-21(22)26-15-19-10-6-8-17(2)23(19)28/h6-11,21-22,26-28H,3-5,12-16,25H2,1-2H3. The second kappa shape index (κ2) is 10.6. The van der Waals surface area contributed by atoms with Crippen LogP contribution >= 0.6 is 0 Å². The second-order valence-corrected chi connectivity index (χ2v) is 7.88. The van der Waals surface area contributed by atoms with Crippen molar-refractivity contribution in [2.75, 3.05) is 6.61 Å². The summed E-state index contributed by atoms with van der Waals surface area (Å²) in [4.78, 5) is 0. The van der Waals surface area contributed by atoms with E-state index in [0.717, 1.165) is 47.4 Å². The molecule has 1 saturated carbocycles. The highest BCUT2D eigenvalue weighted by atomic mass is 16.5. The molecule has 1 aliphatic rings. The maximum atomic E-state index is 10.3. The largest absolute Gasteiger partial charge is 0.507 e. The van der Waals surface area contributed by atoms with Crippen LogP contribution in [0.5, 0.6) is 11.5 Å². The Hall–Kier alpha value is -2.08. The summed E-state index contributed by atoms with van der Waals surface area (Å²) < 4.78 is 5.89. The number of phenolic OH excluding ortho intramolecular Hbond substituents is 1. The lowest BCUT2D eigenvalue weighted by Crippen LogP contribution is -2.49. The van der Waals surface area contributed by atoms with Gasteiger partial charge < -0.3 is 26.2 Å². The highest BCUT2D eigenvalue weighted by molar-refractivity contribution is 5.42. The van der Waals surface area contributed by atoms with Gasteiger partial charge in [0.15, 0.2) is 0 Å². The number of benzene rings is 2. The van der Waals surface area contributed by atoms with Crippen LogP contribution in [0, 0.1) is 6.92 Å². The number of phenols is 1. The van der Waals surface area contributed by atoms with Gasteiger partial charge in [0, 0.05) is 48.4 Å². The molecule has 2 atom stereocenters. The summed E-state index contributed by atoms with van der Waals surface area (Å²) in [6.07, 6.45) is 4.78. The Kier molecular flexibility index (Phi) is 7.92. The van der Waals surface area contributed by atoms with Crippen molar-refractivity contribution < 1.29 is 9.84 Å². The first-order chi connectivity index (χ1) is 14.1. The van der Waals surface area contributed by atoms with Crippen molar-refractivity contribution in [2.24, 2.45) is 5.73 Å². The van der Waals surface area contributed by atoms with Crippen LogP contribution in [0.15, 0.2) is 36.4 Å². The summed E-state index contributed by atoms with van der Waals surface area (Å²) in [6.45, 7) is 6.51. The van der Waals surface area contributed by atoms with Crippen molar-refractivity contribution in [1.82, 2.24) is 10.6 Å². The molecule has 29 heavy (non-hydrogen) atoms. The van der Waals surface area contributed by atoms with E-state index in [1.807, 2.05) is 38.1 Å². The van der Waals surface area contributed by atoms with Crippen LogP contribution in [-0.2, 0) is 19.6 Å². The molecule has 3 rings (SSSR count). The van der Waals surface area contributed by atoms with E-state index in [9.17, 15) is 5.11 Å². The molecule has 0 spiro atoms. The lowest BCUT2D eigenvalue weighted by Gasteiger charge is -2.33. The zero-order valence-electron chi connectivity index (χ0n) is 17.7. The van der Waals surface area contributed by atoms with Gasteiger partial charge in [-0.25, -0.2) is 0 Å². The van der Waals surface area contributed by atoms with E-state index in [1.54, 1.807) is 0 Å². The SMILES string of the molecule is CCOc1c(CN)cccc1CNC1CCCCC1NCc1cccc(C)c1O. The van der Waals surface area contributed by atoms with Gasteiger partial charge in [-0.05, 0) is 32.3 Å². The van der Waals surface area contributed by atoms with E-state index in [2.05, 4.69) is 22.8 Å². The average Bonchev–Trinajstić information content (AvgIpc) is 2.74. The molecule has 0 aromatic heterocycles. The fraction of sp³-hybridized carbons (Fsp3) is 0.500. The molecule has 0 bridgehead atoms. The number of hydrogen-bond acceptors (Lipinski definition) is 5. The molecule has 0 radical (unpaired) electrons. The van der Waals surface area contributed by atoms with Crippen LogP contribution < -0.4 is 21.1 Å². The molecule has 2 unspecified atom stereocenters. The monoisotopic (exact) mass is 397 g/mol. The summed E-state index contributed by atoms with van der Waals surface area (Å²) in [5.74, 6) is 1.33. The number of aryl methyl sites for hydroxylation is 1.